The number of aliphatic hydroxyl groups excluding tert-OH is 1. The molecule has 0 radical (unpaired) electrons. The zero-order valence-corrected chi connectivity index (χ0v) is 12.4. The van der Waals surface area contributed by atoms with E-state index in [4.69, 9.17) is 5.11 Å². The summed E-state index contributed by atoms with van der Waals surface area (Å²) in [6.07, 6.45) is 2.58. The second kappa shape index (κ2) is 7.13. The summed E-state index contributed by atoms with van der Waals surface area (Å²) in [4.78, 5) is 0. The van der Waals surface area contributed by atoms with Gasteiger partial charge in [0.15, 0.2) is 0 Å². The van der Waals surface area contributed by atoms with Gasteiger partial charge in [-0.15, -0.1) is 0 Å². The molecule has 5 heteroatoms. The van der Waals surface area contributed by atoms with Crippen molar-refractivity contribution in [2.45, 2.75) is 45.8 Å². The highest BCUT2D eigenvalue weighted by Crippen LogP contribution is 2.21. The third-order valence-electron chi connectivity index (χ3n) is 2.77. The maximum atomic E-state index is 9.14. The first-order valence-electron chi connectivity index (χ1n) is 6.15. The van der Waals surface area contributed by atoms with Crippen molar-refractivity contribution in [3.63, 3.8) is 0 Å². The van der Waals surface area contributed by atoms with Crippen LogP contribution in [0.5, 0.6) is 0 Å². The van der Waals surface area contributed by atoms with Gasteiger partial charge in [0.1, 0.15) is 0 Å². The van der Waals surface area contributed by atoms with Crippen LogP contribution in [-0.2, 0) is 20.0 Å². The fourth-order valence-electron chi connectivity index (χ4n) is 1.74. The second-order valence-corrected chi connectivity index (χ2v) is 5.15. The van der Waals surface area contributed by atoms with Gasteiger partial charge in [-0.05, 0) is 48.7 Å². The topological polar surface area (TPSA) is 50.1 Å². The Labute approximate surface area is 112 Å². The van der Waals surface area contributed by atoms with E-state index in [0.717, 1.165) is 42.5 Å². The van der Waals surface area contributed by atoms with E-state index in [-0.39, 0.29) is 6.10 Å². The summed E-state index contributed by atoms with van der Waals surface area (Å²) in [5.41, 5.74) is 2.28. The third-order valence-corrected chi connectivity index (χ3v) is 3.69. The van der Waals surface area contributed by atoms with E-state index in [0.29, 0.717) is 0 Å². The molecule has 0 aliphatic carbocycles. The van der Waals surface area contributed by atoms with Gasteiger partial charge in [0.2, 0.25) is 0 Å². The number of rotatable bonds is 7. The molecule has 98 valence electrons. The first kappa shape index (κ1) is 14.7. The highest BCUT2D eigenvalue weighted by Gasteiger charge is 2.11. The van der Waals surface area contributed by atoms with Crippen LogP contribution in [0.15, 0.2) is 4.47 Å². The molecule has 1 unspecified atom stereocenters. The third kappa shape index (κ3) is 4.41. The molecule has 0 amide bonds. The van der Waals surface area contributed by atoms with Crippen LogP contribution in [0.4, 0.5) is 0 Å². The Bertz CT molecular complexity index is 350. The molecular formula is C12H22BrN3O. The van der Waals surface area contributed by atoms with Crippen LogP contribution in [0.2, 0.25) is 0 Å². The normalized spacial score (nSPS) is 13.0. The molecule has 0 fully saturated rings. The standard InChI is InChI=1S/C12H22BrN3O/c1-4-10-12(13)11(16(3)15-10)8-14-7-5-6-9(2)17/h9,14,17H,4-8H2,1-3H3. The number of aryl methyl sites for hydroxylation is 2. The summed E-state index contributed by atoms with van der Waals surface area (Å²) in [5.74, 6) is 0. The summed E-state index contributed by atoms with van der Waals surface area (Å²) in [6, 6.07) is 0. The van der Waals surface area contributed by atoms with E-state index >= 15 is 0 Å². The van der Waals surface area contributed by atoms with Gasteiger partial charge in [-0.25, -0.2) is 0 Å². The van der Waals surface area contributed by atoms with Crippen LogP contribution < -0.4 is 5.32 Å². The van der Waals surface area contributed by atoms with E-state index in [9.17, 15) is 0 Å². The lowest BCUT2D eigenvalue weighted by atomic mass is 10.2. The summed E-state index contributed by atoms with van der Waals surface area (Å²) in [5, 5.41) is 17.0. The molecule has 2 N–H and O–H groups in total. The van der Waals surface area contributed by atoms with Gasteiger partial charge in [0.25, 0.3) is 0 Å². The summed E-state index contributed by atoms with van der Waals surface area (Å²) in [7, 11) is 1.97. The summed E-state index contributed by atoms with van der Waals surface area (Å²) in [6.45, 7) is 5.66. The first-order valence-corrected chi connectivity index (χ1v) is 6.94. The van der Waals surface area contributed by atoms with E-state index in [1.165, 1.54) is 5.69 Å². The number of nitrogens with one attached hydrogen (secondary N) is 1. The van der Waals surface area contributed by atoms with Crippen molar-refractivity contribution < 1.29 is 5.11 Å². The lowest BCUT2D eigenvalue weighted by Gasteiger charge is -2.07. The zero-order valence-electron chi connectivity index (χ0n) is 10.8. The largest absolute Gasteiger partial charge is 0.393 e. The van der Waals surface area contributed by atoms with E-state index in [1.807, 2.05) is 18.7 Å². The minimum Gasteiger partial charge on any atom is -0.393 e. The second-order valence-electron chi connectivity index (χ2n) is 4.35. The quantitative estimate of drug-likeness (QED) is 0.758. The van der Waals surface area contributed by atoms with Crippen molar-refractivity contribution in [3.05, 3.63) is 15.9 Å². The Hall–Kier alpha value is -0.390. The summed E-state index contributed by atoms with van der Waals surface area (Å²) < 4.78 is 3.04. The minimum absolute atomic E-state index is 0.202. The molecule has 0 saturated heterocycles. The van der Waals surface area contributed by atoms with Crippen molar-refractivity contribution in [2.24, 2.45) is 7.05 Å². The Kier molecular flexibility index (Phi) is 6.16. The molecule has 4 nitrogen and oxygen atoms in total. The molecule has 1 heterocycles. The molecule has 0 saturated carbocycles. The average molecular weight is 304 g/mol. The maximum absolute atomic E-state index is 9.14. The molecule has 0 spiro atoms. The van der Waals surface area contributed by atoms with Gasteiger partial charge in [0.05, 0.1) is 22.0 Å². The highest BCUT2D eigenvalue weighted by atomic mass is 79.9. The molecule has 1 aromatic rings. The molecule has 0 aliphatic heterocycles. The monoisotopic (exact) mass is 303 g/mol. The Morgan fingerprint density at radius 1 is 1.53 bits per heavy atom. The van der Waals surface area contributed by atoms with Crippen molar-refractivity contribution in [1.29, 1.82) is 0 Å². The molecule has 0 aliphatic rings. The Morgan fingerprint density at radius 3 is 2.76 bits per heavy atom. The van der Waals surface area contributed by atoms with Crippen LogP contribution in [0.1, 0.15) is 38.1 Å². The predicted octanol–water partition coefficient (Wildman–Crippen LogP) is 2.00. The van der Waals surface area contributed by atoms with Crippen molar-refractivity contribution >= 4 is 15.9 Å². The maximum Gasteiger partial charge on any atom is 0.0767 e. The van der Waals surface area contributed by atoms with Crippen molar-refractivity contribution in [1.82, 2.24) is 15.1 Å². The minimum atomic E-state index is -0.202. The molecule has 1 atom stereocenters. The van der Waals surface area contributed by atoms with Gasteiger partial charge >= 0.3 is 0 Å². The van der Waals surface area contributed by atoms with Gasteiger partial charge in [-0.1, -0.05) is 6.92 Å². The van der Waals surface area contributed by atoms with E-state index in [2.05, 4.69) is 33.3 Å². The van der Waals surface area contributed by atoms with Gasteiger partial charge < -0.3 is 10.4 Å². The Morgan fingerprint density at radius 2 is 2.24 bits per heavy atom. The number of nitrogens with zero attached hydrogens (tertiary/aromatic N) is 2. The van der Waals surface area contributed by atoms with Gasteiger partial charge in [-0.3, -0.25) is 4.68 Å². The van der Waals surface area contributed by atoms with E-state index < -0.39 is 0 Å². The van der Waals surface area contributed by atoms with Crippen LogP contribution in [-0.4, -0.2) is 27.5 Å². The number of halogens is 1. The van der Waals surface area contributed by atoms with Crippen LogP contribution in [0.25, 0.3) is 0 Å². The highest BCUT2D eigenvalue weighted by molar-refractivity contribution is 9.10. The SMILES string of the molecule is CCc1nn(C)c(CNCCCC(C)O)c1Br. The Balaban J connectivity index is 2.39. The molecule has 17 heavy (non-hydrogen) atoms. The zero-order chi connectivity index (χ0) is 12.8. The van der Waals surface area contributed by atoms with Crippen LogP contribution in [0.3, 0.4) is 0 Å². The molecule has 1 rings (SSSR count). The lowest BCUT2D eigenvalue weighted by molar-refractivity contribution is 0.181. The average Bonchev–Trinajstić information content (AvgIpc) is 2.54. The number of aromatic nitrogens is 2. The molecule has 1 aromatic heterocycles. The number of hydrogen-bond donors (Lipinski definition) is 2. The molecular weight excluding hydrogens is 282 g/mol. The number of hydrogen-bond acceptors (Lipinski definition) is 3. The molecule has 0 bridgehead atoms. The smallest absolute Gasteiger partial charge is 0.0767 e. The van der Waals surface area contributed by atoms with Gasteiger partial charge in [0, 0.05) is 13.6 Å². The van der Waals surface area contributed by atoms with Crippen LogP contribution in [0, 0.1) is 0 Å². The predicted molar refractivity (Wildman–Crippen MR) is 72.9 cm³/mol. The number of aliphatic hydroxyl groups is 1. The lowest BCUT2D eigenvalue weighted by Crippen LogP contribution is -2.18. The first-order chi connectivity index (χ1) is 8.06. The fraction of sp³-hybridized carbons (Fsp3) is 0.750. The van der Waals surface area contributed by atoms with Gasteiger partial charge in [-0.2, -0.15) is 5.10 Å². The molecule has 0 aromatic carbocycles. The van der Waals surface area contributed by atoms with E-state index in [1.54, 1.807) is 0 Å². The summed E-state index contributed by atoms with van der Waals surface area (Å²) >= 11 is 3.59. The van der Waals surface area contributed by atoms with Crippen molar-refractivity contribution in [2.75, 3.05) is 6.54 Å². The van der Waals surface area contributed by atoms with Crippen LogP contribution >= 0.6 is 15.9 Å². The van der Waals surface area contributed by atoms with Crippen molar-refractivity contribution in [3.8, 4) is 0 Å². The fourth-order valence-corrected chi connectivity index (χ4v) is 2.50.